The number of thiazole rings is 1. The molecular weight excluding hydrogens is 403 g/mol. The number of amides is 1. The van der Waals surface area contributed by atoms with Crippen molar-refractivity contribution in [2.45, 2.75) is 26.4 Å². The monoisotopic (exact) mass is 428 g/mol. The lowest BCUT2D eigenvalue weighted by molar-refractivity contribution is -0.121. The summed E-state index contributed by atoms with van der Waals surface area (Å²) in [5.41, 5.74) is 1.52. The van der Waals surface area contributed by atoms with Gasteiger partial charge in [0.25, 0.3) is 0 Å². The predicted molar refractivity (Wildman–Crippen MR) is 116 cm³/mol. The highest BCUT2D eigenvalue weighted by atomic mass is 32.1. The molecule has 1 aliphatic heterocycles. The molecule has 1 fully saturated rings. The van der Waals surface area contributed by atoms with Crippen LogP contribution in [0.15, 0.2) is 46.2 Å². The van der Waals surface area contributed by atoms with E-state index >= 15 is 0 Å². The van der Waals surface area contributed by atoms with Gasteiger partial charge in [0.15, 0.2) is 10.8 Å². The number of halogens is 1. The minimum Gasteiger partial charge on any atom is -0.459 e. The quantitative estimate of drug-likeness (QED) is 0.643. The third-order valence-corrected chi connectivity index (χ3v) is 6.22. The van der Waals surface area contributed by atoms with Gasteiger partial charge in [-0.15, -0.1) is 11.3 Å². The van der Waals surface area contributed by atoms with Crippen LogP contribution in [0.1, 0.15) is 18.4 Å². The number of piperazine rings is 1. The fourth-order valence-corrected chi connectivity index (χ4v) is 4.33. The van der Waals surface area contributed by atoms with Crippen LogP contribution in [-0.2, 0) is 11.3 Å². The van der Waals surface area contributed by atoms with Gasteiger partial charge in [-0.05, 0) is 44.2 Å². The molecule has 1 aromatic carbocycles. The van der Waals surface area contributed by atoms with Crippen LogP contribution in [-0.4, -0.2) is 52.9 Å². The maximum absolute atomic E-state index is 13.3. The highest BCUT2D eigenvalue weighted by Crippen LogP contribution is 2.26. The van der Waals surface area contributed by atoms with E-state index in [0.29, 0.717) is 5.69 Å². The van der Waals surface area contributed by atoms with Crippen molar-refractivity contribution >= 4 is 22.9 Å². The van der Waals surface area contributed by atoms with Crippen molar-refractivity contribution in [1.82, 2.24) is 14.8 Å². The Balaban J connectivity index is 1.27. The van der Waals surface area contributed by atoms with Gasteiger partial charge in [-0.2, -0.15) is 0 Å². The SMILES string of the molecule is Cc1ccc(-c2nc(CN3CCN(C(C)C(=O)Nc4cccc(F)c4)CC3)cs2)o1. The number of anilines is 1. The van der Waals surface area contributed by atoms with Gasteiger partial charge in [0.2, 0.25) is 5.91 Å². The van der Waals surface area contributed by atoms with E-state index in [-0.39, 0.29) is 17.8 Å². The molecule has 8 heteroatoms. The van der Waals surface area contributed by atoms with Gasteiger partial charge in [0.05, 0.1) is 11.7 Å². The standard InChI is InChI=1S/C22H25FN4O2S/c1-15-6-7-20(29-15)22-25-19(14-30-22)13-26-8-10-27(11-9-26)16(2)21(28)24-18-5-3-4-17(23)12-18/h3-7,12,14,16H,8-11,13H2,1-2H3,(H,24,28). The van der Waals surface area contributed by atoms with E-state index in [4.69, 9.17) is 9.40 Å². The fourth-order valence-electron chi connectivity index (χ4n) is 3.56. The van der Waals surface area contributed by atoms with Crippen molar-refractivity contribution in [3.63, 3.8) is 0 Å². The molecule has 3 aromatic rings. The molecule has 1 amide bonds. The summed E-state index contributed by atoms with van der Waals surface area (Å²) in [6.07, 6.45) is 0. The van der Waals surface area contributed by atoms with Crippen LogP contribution < -0.4 is 5.32 Å². The number of nitrogens with zero attached hydrogens (tertiary/aromatic N) is 3. The molecule has 1 unspecified atom stereocenters. The van der Waals surface area contributed by atoms with E-state index in [1.54, 1.807) is 23.5 Å². The molecular formula is C22H25FN4O2S. The first-order valence-electron chi connectivity index (χ1n) is 10.0. The van der Waals surface area contributed by atoms with Crippen LogP contribution in [0.5, 0.6) is 0 Å². The molecule has 158 valence electrons. The average Bonchev–Trinajstić information content (AvgIpc) is 3.37. The highest BCUT2D eigenvalue weighted by Gasteiger charge is 2.26. The molecule has 0 saturated carbocycles. The molecule has 1 saturated heterocycles. The van der Waals surface area contributed by atoms with Gasteiger partial charge in [0.1, 0.15) is 11.6 Å². The number of furan rings is 1. The molecule has 0 bridgehead atoms. The maximum atomic E-state index is 13.3. The third kappa shape index (κ3) is 4.95. The molecule has 0 aliphatic carbocycles. The molecule has 6 nitrogen and oxygen atoms in total. The van der Waals surface area contributed by atoms with Crippen molar-refractivity contribution in [3.05, 3.63) is 59.0 Å². The second-order valence-electron chi connectivity index (χ2n) is 7.54. The molecule has 3 heterocycles. The Kier molecular flexibility index (Phi) is 6.26. The zero-order valence-corrected chi connectivity index (χ0v) is 17.9. The normalized spacial score (nSPS) is 16.5. The number of carbonyl (C=O) groups excluding carboxylic acids is 1. The van der Waals surface area contributed by atoms with E-state index in [1.165, 1.54) is 12.1 Å². The molecule has 1 N–H and O–H groups in total. The zero-order chi connectivity index (χ0) is 21.1. The Labute approximate surface area is 179 Å². The number of benzene rings is 1. The van der Waals surface area contributed by atoms with Crippen molar-refractivity contribution < 1.29 is 13.6 Å². The Morgan fingerprint density at radius 1 is 1.27 bits per heavy atom. The molecule has 4 rings (SSSR count). The topological polar surface area (TPSA) is 61.6 Å². The van der Waals surface area contributed by atoms with Crippen LogP contribution in [0.4, 0.5) is 10.1 Å². The van der Waals surface area contributed by atoms with E-state index < -0.39 is 0 Å². The fraction of sp³-hybridized carbons (Fsp3) is 0.364. The number of aromatic nitrogens is 1. The van der Waals surface area contributed by atoms with Crippen LogP contribution in [0, 0.1) is 12.7 Å². The number of rotatable bonds is 6. The summed E-state index contributed by atoms with van der Waals surface area (Å²) < 4.78 is 19.0. The number of hydrogen-bond donors (Lipinski definition) is 1. The lowest BCUT2D eigenvalue weighted by Gasteiger charge is -2.37. The summed E-state index contributed by atoms with van der Waals surface area (Å²) in [5.74, 6) is 1.22. The minimum absolute atomic E-state index is 0.119. The van der Waals surface area contributed by atoms with Gasteiger partial charge < -0.3 is 9.73 Å². The van der Waals surface area contributed by atoms with E-state index in [2.05, 4.69) is 20.5 Å². The van der Waals surface area contributed by atoms with Crippen molar-refractivity contribution in [1.29, 1.82) is 0 Å². The lowest BCUT2D eigenvalue weighted by atomic mass is 10.2. The summed E-state index contributed by atoms with van der Waals surface area (Å²) in [7, 11) is 0. The van der Waals surface area contributed by atoms with E-state index in [9.17, 15) is 9.18 Å². The minimum atomic E-state index is -0.360. The van der Waals surface area contributed by atoms with Gasteiger partial charge >= 0.3 is 0 Å². The van der Waals surface area contributed by atoms with Crippen LogP contribution in [0.25, 0.3) is 10.8 Å². The molecule has 2 aromatic heterocycles. The summed E-state index contributed by atoms with van der Waals surface area (Å²) in [4.78, 5) is 21.7. The van der Waals surface area contributed by atoms with Gasteiger partial charge in [-0.25, -0.2) is 9.37 Å². The smallest absolute Gasteiger partial charge is 0.241 e. The average molecular weight is 429 g/mol. The van der Waals surface area contributed by atoms with Crippen LogP contribution in [0.2, 0.25) is 0 Å². The first kappa shape index (κ1) is 20.7. The second-order valence-corrected chi connectivity index (χ2v) is 8.40. The second kappa shape index (κ2) is 9.07. The van der Waals surface area contributed by atoms with E-state index in [0.717, 1.165) is 54.9 Å². The molecule has 30 heavy (non-hydrogen) atoms. The molecule has 1 atom stereocenters. The lowest BCUT2D eigenvalue weighted by Crippen LogP contribution is -2.52. The number of hydrogen-bond acceptors (Lipinski definition) is 6. The van der Waals surface area contributed by atoms with Gasteiger partial charge in [-0.3, -0.25) is 14.6 Å². The van der Waals surface area contributed by atoms with Crippen molar-refractivity contribution in [3.8, 4) is 10.8 Å². The zero-order valence-electron chi connectivity index (χ0n) is 17.1. The van der Waals surface area contributed by atoms with Gasteiger partial charge in [-0.1, -0.05) is 6.07 Å². The van der Waals surface area contributed by atoms with Crippen molar-refractivity contribution in [2.24, 2.45) is 0 Å². The maximum Gasteiger partial charge on any atom is 0.241 e. The summed E-state index contributed by atoms with van der Waals surface area (Å²) >= 11 is 1.59. The Hall–Kier alpha value is -2.55. The number of carbonyl (C=O) groups is 1. The first-order chi connectivity index (χ1) is 14.5. The third-order valence-electron chi connectivity index (χ3n) is 5.31. The Morgan fingerprint density at radius 2 is 2.07 bits per heavy atom. The highest BCUT2D eigenvalue weighted by molar-refractivity contribution is 7.13. The van der Waals surface area contributed by atoms with Crippen LogP contribution in [0.3, 0.4) is 0 Å². The molecule has 1 aliphatic rings. The first-order valence-corrected chi connectivity index (χ1v) is 10.9. The number of nitrogens with one attached hydrogen (secondary N) is 1. The molecule has 0 spiro atoms. The Bertz CT molecular complexity index is 1010. The van der Waals surface area contributed by atoms with E-state index in [1.807, 2.05) is 26.0 Å². The summed E-state index contributed by atoms with van der Waals surface area (Å²) in [6.45, 7) is 7.93. The van der Waals surface area contributed by atoms with Gasteiger partial charge in [0, 0.05) is 43.8 Å². The number of aryl methyl sites for hydroxylation is 1. The predicted octanol–water partition coefficient (Wildman–Crippen LogP) is 4.00. The summed E-state index contributed by atoms with van der Waals surface area (Å²) in [6, 6.07) is 9.59. The molecule has 0 radical (unpaired) electrons. The van der Waals surface area contributed by atoms with Crippen molar-refractivity contribution in [2.75, 3.05) is 31.5 Å². The Morgan fingerprint density at radius 3 is 2.77 bits per heavy atom. The van der Waals surface area contributed by atoms with Crippen LogP contribution >= 0.6 is 11.3 Å². The largest absolute Gasteiger partial charge is 0.459 e. The summed E-state index contributed by atoms with van der Waals surface area (Å²) in [5, 5.41) is 5.78.